The van der Waals surface area contributed by atoms with E-state index in [4.69, 9.17) is 11.6 Å². The maximum absolute atomic E-state index is 13.7. The predicted molar refractivity (Wildman–Crippen MR) is 74.5 cm³/mol. The average Bonchev–Trinajstić information content (AvgIpc) is 2.35. The van der Waals surface area contributed by atoms with Crippen LogP contribution < -0.4 is 5.32 Å². The molecule has 0 saturated heterocycles. The molecule has 2 atom stereocenters. The van der Waals surface area contributed by atoms with Crippen molar-refractivity contribution < 1.29 is 4.39 Å². The second kappa shape index (κ2) is 6.53. The van der Waals surface area contributed by atoms with Crippen LogP contribution in [0.15, 0.2) is 18.2 Å². The van der Waals surface area contributed by atoms with Crippen LogP contribution in [0.2, 0.25) is 5.02 Å². The summed E-state index contributed by atoms with van der Waals surface area (Å²) in [6.45, 7) is 3.16. The van der Waals surface area contributed by atoms with Crippen molar-refractivity contribution in [3.63, 3.8) is 0 Å². The molecule has 0 aromatic heterocycles. The standard InChI is InChI=1S/C15H21ClFN/c1-2-18-14-5-3-4-11(9-14)8-12-10-13(16)6-7-15(12)17/h6-7,10-11,14,18H,2-5,8-9H2,1H3. The molecule has 1 nitrogen and oxygen atoms in total. The van der Waals surface area contributed by atoms with E-state index in [0.29, 0.717) is 17.0 Å². The van der Waals surface area contributed by atoms with E-state index in [-0.39, 0.29) is 5.82 Å². The monoisotopic (exact) mass is 269 g/mol. The molecule has 18 heavy (non-hydrogen) atoms. The number of hydrogen-bond donors (Lipinski definition) is 1. The zero-order valence-corrected chi connectivity index (χ0v) is 11.6. The Balaban J connectivity index is 1.98. The summed E-state index contributed by atoms with van der Waals surface area (Å²) in [5, 5.41) is 4.14. The van der Waals surface area contributed by atoms with Crippen LogP contribution >= 0.6 is 11.6 Å². The molecule has 1 aliphatic rings. The van der Waals surface area contributed by atoms with E-state index in [1.165, 1.54) is 25.3 Å². The fourth-order valence-electron chi connectivity index (χ4n) is 2.96. The highest BCUT2D eigenvalue weighted by Gasteiger charge is 2.22. The van der Waals surface area contributed by atoms with Crippen LogP contribution in [-0.2, 0) is 6.42 Å². The third-order valence-corrected chi connectivity index (χ3v) is 4.03. The van der Waals surface area contributed by atoms with Gasteiger partial charge in [-0.05, 0) is 55.5 Å². The summed E-state index contributed by atoms with van der Waals surface area (Å²) < 4.78 is 13.7. The first-order valence-corrected chi connectivity index (χ1v) is 7.24. The largest absolute Gasteiger partial charge is 0.314 e. The third kappa shape index (κ3) is 3.69. The van der Waals surface area contributed by atoms with Gasteiger partial charge >= 0.3 is 0 Å². The number of benzene rings is 1. The molecule has 1 aromatic rings. The van der Waals surface area contributed by atoms with Gasteiger partial charge in [0, 0.05) is 11.1 Å². The summed E-state index contributed by atoms with van der Waals surface area (Å²) in [5.41, 5.74) is 0.768. The fraction of sp³-hybridized carbons (Fsp3) is 0.600. The molecule has 100 valence electrons. The van der Waals surface area contributed by atoms with Gasteiger partial charge in [0.2, 0.25) is 0 Å². The van der Waals surface area contributed by atoms with Gasteiger partial charge in [-0.15, -0.1) is 0 Å². The molecular formula is C15H21ClFN. The Labute approximate surface area is 114 Å². The summed E-state index contributed by atoms with van der Waals surface area (Å²) in [6.07, 6.45) is 5.66. The van der Waals surface area contributed by atoms with Crippen LogP contribution in [0.4, 0.5) is 4.39 Å². The van der Waals surface area contributed by atoms with Crippen molar-refractivity contribution in [1.29, 1.82) is 0 Å². The second-order valence-electron chi connectivity index (χ2n) is 5.23. The van der Waals surface area contributed by atoms with Crippen molar-refractivity contribution in [1.82, 2.24) is 5.32 Å². The maximum atomic E-state index is 13.7. The Hall–Kier alpha value is -0.600. The van der Waals surface area contributed by atoms with Crippen LogP contribution in [-0.4, -0.2) is 12.6 Å². The summed E-state index contributed by atoms with van der Waals surface area (Å²) >= 11 is 5.93. The number of rotatable bonds is 4. The number of hydrogen-bond acceptors (Lipinski definition) is 1. The van der Waals surface area contributed by atoms with E-state index in [2.05, 4.69) is 12.2 Å². The van der Waals surface area contributed by atoms with Crippen molar-refractivity contribution >= 4 is 11.6 Å². The van der Waals surface area contributed by atoms with E-state index < -0.39 is 0 Å². The smallest absolute Gasteiger partial charge is 0.126 e. The first-order chi connectivity index (χ1) is 8.69. The van der Waals surface area contributed by atoms with Crippen molar-refractivity contribution in [2.75, 3.05) is 6.54 Å². The lowest BCUT2D eigenvalue weighted by Gasteiger charge is -2.29. The second-order valence-corrected chi connectivity index (χ2v) is 5.66. The summed E-state index contributed by atoms with van der Waals surface area (Å²) in [6, 6.07) is 5.47. The van der Waals surface area contributed by atoms with Gasteiger partial charge in [0.25, 0.3) is 0 Å². The molecule has 3 heteroatoms. The maximum Gasteiger partial charge on any atom is 0.126 e. The van der Waals surface area contributed by atoms with Crippen LogP contribution in [0, 0.1) is 11.7 Å². The molecule has 0 spiro atoms. The molecule has 0 bridgehead atoms. The summed E-state index contributed by atoms with van der Waals surface area (Å²) in [5.74, 6) is 0.459. The van der Waals surface area contributed by atoms with Crippen molar-refractivity contribution in [3.8, 4) is 0 Å². The number of nitrogens with one attached hydrogen (secondary N) is 1. The molecule has 0 aliphatic heterocycles. The summed E-state index contributed by atoms with van der Waals surface area (Å²) in [7, 11) is 0. The zero-order valence-electron chi connectivity index (χ0n) is 10.9. The normalized spacial score (nSPS) is 24.2. The molecule has 1 aromatic carbocycles. The van der Waals surface area contributed by atoms with E-state index in [1.807, 2.05) is 0 Å². The Morgan fingerprint density at radius 2 is 2.22 bits per heavy atom. The van der Waals surface area contributed by atoms with Crippen molar-refractivity contribution in [3.05, 3.63) is 34.6 Å². The van der Waals surface area contributed by atoms with Gasteiger partial charge in [-0.2, -0.15) is 0 Å². The highest BCUT2D eigenvalue weighted by atomic mass is 35.5. The third-order valence-electron chi connectivity index (χ3n) is 3.79. The minimum absolute atomic E-state index is 0.120. The molecule has 1 saturated carbocycles. The van der Waals surface area contributed by atoms with Gasteiger partial charge in [-0.25, -0.2) is 4.39 Å². The molecule has 0 heterocycles. The molecule has 1 aliphatic carbocycles. The van der Waals surface area contributed by atoms with E-state index in [1.54, 1.807) is 12.1 Å². The van der Waals surface area contributed by atoms with E-state index in [0.717, 1.165) is 24.9 Å². The van der Waals surface area contributed by atoms with Gasteiger partial charge in [0.1, 0.15) is 5.82 Å². The predicted octanol–water partition coefficient (Wildman–Crippen LogP) is 4.19. The first-order valence-electron chi connectivity index (χ1n) is 6.86. The molecular weight excluding hydrogens is 249 g/mol. The molecule has 0 amide bonds. The Bertz CT molecular complexity index is 392. The Morgan fingerprint density at radius 1 is 1.39 bits per heavy atom. The van der Waals surface area contributed by atoms with Crippen molar-refractivity contribution in [2.24, 2.45) is 5.92 Å². The minimum Gasteiger partial charge on any atom is -0.314 e. The Morgan fingerprint density at radius 3 is 3.00 bits per heavy atom. The lowest BCUT2D eigenvalue weighted by molar-refractivity contribution is 0.285. The molecule has 0 radical (unpaired) electrons. The van der Waals surface area contributed by atoms with E-state index >= 15 is 0 Å². The van der Waals surface area contributed by atoms with Crippen LogP contribution in [0.25, 0.3) is 0 Å². The first kappa shape index (κ1) is 13.8. The zero-order chi connectivity index (χ0) is 13.0. The molecule has 2 unspecified atom stereocenters. The van der Waals surface area contributed by atoms with Crippen LogP contribution in [0.5, 0.6) is 0 Å². The van der Waals surface area contributed by atoms with Gasteiger partial charge in [0.15, 0.2) is 0 Å². The van der Waals surface area contributed by atoms with Gasteiger partial charge < -0.3 is 5.32 Å². The number of halogens is 2. The minimum atomic E-state index is -0.120. The van der Waals surface area contributed by atoms with Crippen molar-refractivity contribution in [2.45, 2.75) is 45.1 Å². The molecule has 2 rings (SSSR count). The van der Waals surface area contributed by atoms with E-state index in [9.17, 15) is 4.39 Å². The molecule has 1 fully saturated rings. The van der Waals surface area contributed by atoms with Crippen LogP contribution in [0.1, 0.15) is 38.2 Å². The Kier molecular flexibility index (Phi) is 5.02. The highest BCUT2D eigenvalue weighted by Crippen LogP contribution is 2.29. The summed E-state index contributed by atoms with van der Waals surface area (Å²) in [4.78, 5) is 0. The lowest BCUT2D eigenvalue weighted by atomic mass is 9.82. The average molecular weight is 270 g/mol. The quantitative estimate of drug-likeness (QED) is 0.864. The van der Waals surface area contributed by atoms with Gasteiger partial charge in [0.05, 0.1) is 0 Å². The molecule has 1 N–H and O–H groups in total. The van der Waals surface area contributed by atoms with Gasteiger partial charge in [-0.1, -0.05) is 31.4 Å². The van der Waals surface area contributed by atoms with Gasteiger partial charge in [-0.3, -0.25) is 0 Å². The fourth-order valence-corrected chi connectivity index (χ4v) is 3.16. The van der Waals surface area contributed by atoms with Crippen LogP contribution in [0.3, 0.4) is 0 Å². The highest BCUT2D eigenvalue weighted by molar-refractivity contribution is 6.30. The SMILES string of the molecule is CCNC1CCCC(Cc2cc(Cl)ccc2F)C1. The lowest BCUT2D eigenvalue weighted by Crippen LogP contribution is -2.34. The topological polar surface area (TPSA) is 12.0 Å².